The molecule has 1 atom stereocenters. The van der Waals surface area contributed by atoms with Crippen LogP contribution in [0.5, 0.6) is 0 Å². The second kappa shape index (κ2) is 6.97. The monoisotopic (exact) mass is 333 g/mol. The van der Waals surface area contributed by atoms with Crippen LogP contribution in [0.25, 0.3) is 11.0 Å². The fraction of sp³-hybridized carbons (Fsp3) is 0.158. The minimum atomic E-state index is -1.48. The molecule has 124 valence electrons. The highest BCUT2D eigenvalue weighted by Crippen LogP contribution is 2.25. The maximum Gasteiger partial charge on any atom is 0.250 e. The Bertz CT molecular complexity index is 970. The summed E-state index contributed by atoms with van der Waals surface area (Å²) in [6.45, 7) is 2.00. The highest BCUT2D eigenvalue weighted by molar-refractivity contribution is 6.19. The highest BCUT2D eigenvalue weighted by Gasteiger charge is 2.30. The summed E-state index contributed by atoms with van der Waals surface area (Å²) in [5.74, 6) is -2.51. The van der Waals surface area contributed by atoms with Gasteiger partial charge in [0, 0.05) is 11.6 Å². The molecule has 0 spiro atoms. The molecule has 6 nitrogen and oxygen atoms in total. The van der Waals surface area contributed by atoms with E-state index in [4.69, 9.17) is 4.42 Å². The number of furan rings is 1. The van der Waals surface area contributed by atoms with Crippen LogP contribution in [-0.2, 0) is 11.2 Å². The third-order valence-corrected chi connectivity index (χ3v) is 3.88. The fourth-order valence-electron chi connectivity index (χ4n) is 2.51. The Balaban J connectivity index is 1.90. The van der Waals surface area contributed by atoms with Crippen molar-refractivity contribution in [1.29, 1.82) is 5.26 Å². The number of pyridine rings is 1. The van der Waals surface area contributed by atoms with Crippen molar-refractivity contribution in [3.8, 4) is 6.07 Å². The molecule has 6 heteroatoms. The highest BCUT2D eigenvalue weighted by atomic mass is 16.3. The third-order valence-electron chi connectivity index (χ3n) is 3.88. The summed E-state index contributed by atoms with van der Waals surface area (Å²) in [5.41, 5.74) is 1.81. The summed E-state index contributed by atoms with van der Waals surface area (Å²) in [7, 11) is 0. The van der Waals surface area contributed by atoms with Gasteiger partial charge in [-0.3, -0.25) is 9.59 Å². The second-order valence-electron chi connectivity index (χ2n) is 5.46. The maximum absolute atomic E-state index is 12.7. The summed E-state index contributed by atoms with van der Waals surface area (Å²) in [5, 5.41) is 12.4. The van der Waals surface area contributed by atoms with Crippen molar-refractivity contribution in [2.45, 2.75) is 13.3 Å². The number of fused-ring (bicyclic) bond motifs is 1. The van der Waals surface area contributed by atoms with Crippen LogP contribution in [0.3, 0.4) is 0 Å². The van der Waals surface area contributed by atoms with Crippen LogP contribution in [0.2, 0.25) is 0 Å². The molecule has 1 aromatic carbocycles. The van der Waals surface area contributed by atoms with Gasteiger partial charge >= 0.3 is 0 Å². The zero-order chi connectivity index (χ0) is 17.8. The van der Waals surface area contributed by atoms with Gasteiger partial charge in [-0.05, 0) is 36.2 Å². The van der Waals surface area contributed by atoms with Gasteiger partial charge in [0.2, 0.25) is 0 Å². The number of carbonyl (C=O) groups is 2. The van der Waals surface area contributed by atoms with Crippen molar-refractivity contribution < 1.29 is 14.0 Å². The molecule has 1 amide bonds. The average Bonchev–Trinajstić information content (AvgIpc) is 3.06. The Labute approximate surface area is 144 Å². The van der Waals surface area contributed by atoms with Crippen LogP contribution < -0.4 is 5.32 Å². The lowest BCUT2D eigenvalue weighted by Crippen LogP contribution is -2.28. The van der Waals surface area contributed by atoms with Gasteiger partial charge in [0.05, 0.1) is 11.6 Å². The van der Waals surface area contributed by atoms with Gasteiger partial charge in [0.25, 0.3) is 5.91 Å². The summed E-state index contributed by atoms with van der Waals surface area (Å²) in [6.07, 6.45) is 3.61. The number of hydrogen-bond donors (Lipinski definition) is 1. The fourth-order valence-corrected chi connectivity index (χ4v) is 2.51. The Morgan fingerprint density at radius 1 is 1.32 bits per heavy atom. The molecule has 0 saturated carbocycles. The average molecular weight is 333 g/mol. The number of Topliss-reactive ketones (excluding diaryl/α,β-unsaturated/α-hetero) is 1. The number of amides is 1. The molecule has 0 aliphatic carbocycles. The number of nitrogens with zero attached hydrogens (tertiary/aromatic N) is 2. The molecule has 25 heavy (non-hydrogen) atoms. The van der Waals surface area contributed by atoms with E-state index in [2.05, 4.69) is 10.3 Å². The molecule has 2 heterocycles. The first kappa shape index (κ1) is 16.4. The van der Waals surface area contributed by atoms with E-state index in [1.807, 2.05) is 19.1 Å². The minimum absolute atomic E-state index is 0.230. The topological polar surface area (TPSA) is 96.0 Å². The summed E-state index contributed by atoms with van der Waals surface area (Å²) in [6, 6.07) is 12.3. The van der Waals surface area contributed by atoms with Crippen LogP contribution >= 0.6 is 0 Å². The number of aromatic nitrogens is 1. The Morgan fingerprint density at radius 2 is 2.16 bits per heavy atom. The number of aryl methyl sites for hydroxylation is 1. The predicted molar refractivity (Wildman–Crippen MR) is 91.9 cm³/mol. The number of benzene rings is 1. The minimum Gasteiger partial charge on any atom is -0.464 e. The number of rotatable bonds is 5. The summed E-state index contributed by atoms with van der Waals surface area (Å²) < 4.78 is 5.39. The number of carbonyl (C=O) groups excluding carboxylic acids is 2. The van der Waals surface area contributed by atoms with E-state index < -0.39 is 17.6 Å². The van der Waals surface area contributed by atoms with Crippen LogP contribution in [0.1, 0.15) is 22.8 Å². The zero-order valence-electron chi connectivity index (χ0n) is 13.5. The first-order valence-corrected chi connectivity index (χ1v) is 7.80. The van der Waals surface area contributed by atoms with Crippen molar-refractivity contribution in [1.82, 2.24) is 4.98 Å². The largest absolute Gasteiger partial charge is 0.464 e. The first-order valence-electron chi connectivity index (χ1n) is 7.80. The number of ketones is 1. The van der Waals surface area contributed by atoms with Crippen LogP contribution in [0.15, 0.2) is 53.3 Å². The van der Waals surface area contributed by atoms with Gasteiger partial charge in [-0.25, -0.2) is 4.98 Å². The maximum atomic E-state index is 12.7. The van der Waals surface area contributed by atoms with Crippen LogP contribution in [0.4, 0.5) is 5.82 Å². The smallest absolute Gasteiger partial charge is 0.250 e. The van der Waals surface area contributed by atoms with E-state index in [0.29, 0.717) is 11.0 Å². The number of nitrogens with one attached hydrogen (secondary N) is 1. The molecule has 0 bridgehead atoms. The molecule has 3 rings (SSSR count). The van der Waals surface area contributed by atoms with E-state index in [9.17, 15) is 14.9 Å². The van der Waals surface area contributed by atoms with E-state index in [-0.39, 0.29) is 11.4 Å². The van der Waals surface area contributed by atoms with Gasteiger partial charge in [0.1, 0.15) is 17.7 Å². The second-order valence-corrected chi connectivity index (χ2v) is 5.46. The number of hydrogen-bond acceptors (Lipinski definition) is 5. The Morgan fingerprint density at radius 3 is 2.84 bits per heavy atom. The standard InChI is InChI=1S/C19H15N3O3/c1-2-12-6-7-16-13(9-12)15(11-25-16)18(23)14(10-20)19(24)22-17-5-3-4-8-21-17/h3-9,11,14H,2H2,1H3,(H,21,22,24)/t14-/m0/s1. The lowest BCUT2D eigenvalue weighted by Gasteiger charge is -2.08. The Hall–Kier alpha value is -3.46. The molecule has 0 aliphatic heterocycles. The van der Waals surface area contributed by atoms with E-state index in [0.717, 1.165) is 12.0 Å². The molecule has 0 unspecified atom stereocenters. The first-order chi connectivity index (χ1) is 12.1. The van der Waals surface area contributed by atoms with E-state index in [1.54, 1.807) is 30.3 Å². The molecule has 2 aromatic heterocycles. The van der Waals surface area contributed by atoms with E-state index >= 15 is 0 Å². The molecule has 3 aromatic rings. The van der Waals surface area contributed by atoms with Crippen molar-refractivity contribution in [2.24, 2.45) is 5.92 Å². The van der Waals surface area contributed by atoms with Crippen LogP contribution in [0, 0.1) is 17.2 Å². The lowest BCUT2D eigenvalue weighted by molar-refractivity contribution is -0.117. The number of anilines is 1. The molecule has 0 saturated heterocycles. The third kappa shape index (κ3) is 3.26. The molecular formula is C19H15N3O3. The summed E-state index contributed by atoms with van der Waals surface area (Å²) >= 11 is 0. The quantitative estimate of drug-likeness (QED) is 0.570. The van der Waals surface area contributed by atoms with Gasteiger partial charge in [-0.1, -0.05) is 19.1 Å². The van der Waals surface area contributed by atoms with Gasteiger partial charge in [-0.2, -0.15) is 5.26 Å². The van der Waals surface area contributed by atoms with Crippen LogP contribution in [-0.4, -0.2) is 16.7 Å². The van der Waals surface area contributed by atoms with Gasteiger partial charge < -0.3 is 9.73 Å². The molecule has 0 fully saturated rings. The predicted octanol–water partition coefficient (Wildman–Crippen LogP) is 3.35. The van der Waals surface area contributed by atoms with Crippen molar-refractivity contribution in [2.75, 3.05) is 5.32 Å². The zero-order valence-corrected chi connectivity index (χ0v) is 13.5. The SMILES string of the molecule is CCc1ccc2occ(C(=O)[C@H](C#N)C(=O)Nc3ccccn3)c2c1. The molecular weight excluding hydrogens is 318 g/mol. The Kier molecular flexibility index (Phi) is 4.57. The van der Waals surface area contributed by atoms with Crippen molar-refractivity contribution >= 4 is 28.5 Å². The van der Waals surface area contributed by atoms with Gasteiger partial charge in [0.15, 0.2) is 11.7 Å². The summed E-state index contributed by atoms with van der Waals surface area (Å²) in [4.78, 5) is 29.0. The molecule has 0 radical (unpaired) electrons. The lowest BCUT2D eigenvalue weighted by atomic mass is 9.96. The van der Waals surface area contributed by atoms with E-state index in [1.165, 1.54) is 12.5 Å². The van der Waals surface area contributed by atoms with Crippen molar-refractivity contribution in [3.63, 3.8) is 0 Å². The van der Waals surface area contributed by atoms with Crippen molar-refractivity contribution in [3.05, 3.63) is 60.0 Å². The molecule has 0 aliphatic rings. The normalized spacial score (nSPS) is 11.7. The number of nitriles is 1. The molecule has 1 N–H and O–H groups in total. The van der Waals surface area contributed by atoms with Gasteiger partial charge in [-0.15, -0.1) is 0 Å².